The number of carbonyl (C=O) groups is 1. The summed E-state index contributed by atoms with van der Waals surface area (Å²) in [6, 6.07) is 5.92. The molecule has 1 aliphatic heterocycles. The lowest BCUT2D eigenvalue weighted by Crippen LogP contribution is -2.58. The molecular weight excluding hydrogens is 339 g/mol. The maximum absolute atomic E-state index is 12.6. The second-order valence-electron chi connectivity index (χ2n) is 5.47. The molecule has 1 fully saturated rings. The van der Waals surface area contributed by atoms with Gasteiger partial charge in [0.05, 0.1) is 5.56 Å². The molecule has 1 heterocycles. The SMILES string of the molecule is Cc1cccc(C(=O)N2CCNC(C)(C)C2)c1I. The highest BCUT2D eigenvalue weighted by Crippen LogP contribution is 2.20. The van der Waals surface area contributed by atoms with Crippen LogP contribution in [-0.4, -0.2) is 36.0 Å². The molecule has 1 N–H and O–H groups in total. The van der Waals surface area contributed by atoms with Crippen LogP contribution in [0.5, 0.6) is 0 Å². The van der Waals surface area contributed by atoms with E-state index in [1.54, 1.807) is 0 Å². The van der Waals surface area contributed by atoms with Crippen molar-refractivity contribution < 1.29 is 4.79 Å². The maximum atomic E-state index is 12.6. The zero-order chi connectivity index (χ0) is 13.3. The number of hydrogen-bond acceptors (Lipinski definition) is 2. The molecule has 0 atom stereocenters. The molecule has 0 spiro atoms. The van der Waals surface area contributed by atoms with Crippen LogP contribution >= 0.6 is 22.6 Å². The van der Waals surface area contributed by atoms with Crippen LogP contribution in [0.2, 0.25) is 0 Å². The third-order valence-corrected chi connectivity index (χ3v) is 4.71. The zero-order valence-corrected chi connectivity index (χ0v) is 13.2. The highest BCUT2D eigenvalue weighted by atomic mass is 127. The lowest BCUT2D eigenvalue weighted by molar-refractivity contribution is 0.0651. The van der Waals surface area contributed by atoms with Gasteiger partial charge in [0.1, 0.15) is 0 Å². The lowest BCUT2D eigenvalue weighted by Gasteiger charge is -2.39. The number of amides is 1. The summed E-state index contributed by atoms with van der Waals surface area (Å²) in [5.41, 5.74) is 1.99. The van der Waals surface area contributed by atoms with Crippen LogP contribution in [0.15, 0.2) is 18.2 Å². The molecule has 2 rings (SSSR count). The Morgan fingerprint density at radius 3 is 2.83 bits per heavy atom. The molecule has 18 heavy (non-hydrogen) atoms. The van der Waals surface area contributed by atoms with Crippen molar-refractivity contribution in [2.45, 2.75) is 26.3 Å². The molecule has 1 aromatic rings. The smallest absolute Gasteiger partial charge is 0.255 e. The Hall–Kier alpha value is -0.620. The number of nitrogens with zero attached hydrogens (tertiary/aromatic N) is 1. The van der Waals surface area contributed by atoms with E-state index in [-0.39, 0.29) is 11.4 Å². The minimum atomic E-state index is 0.00315. The fraction of sp³-hybridized carbons (Fsp3) is 0.500. The summed E-state index contributed by atoms with van der Waals surface area (Å²) >= 11 is 2.26. The second kappa shape index (κ2) is 5.17. The standard InChI is InChI=1S/C14H19IN2O/c1-10-5-4-6-11(12(10)15)13(18)17-8-7-16-14(2,3)9-17/h4-6,16H,7-9H2,1-3H3. The van der Waals surface area contributed by atoms with Gasteiger partial charge in [-0.15, -0.1) is 0 Å². The number of aryl methyl sites for hydroxylation is 1. The van der Waals surface area contributed by atoms with Crippen LogP contribution in [-0.2, 0) is 0 Å². The summed E-state index contributed by atoms with van der Waals surface area (Å²) in [4.78, 5) is 14.5. The normalized spacial score (nSPS) is 18.8. The third kappa shape index (κ3) is 2.85. The molecule has 0 aromatic heterocycles. The van der Waals surface area contributed by atoms with Crippen molar-refractivity contribution >= 4 is 28.5 Å². The van der Waals surface area contributed by atoms with Crippen molar-refractivity contribution in [1.29, 1.82) is 0 Å². The number of hydrogen-bond donors (Lipinski definition) is 1. The Balaban J connectivity index is 2.23. The van der Waals surface area contributed by atoms with E-state index in [1.165, 1.54) is 0 Å². The first-order valence-corrected chi connectivity index (χ1v) is 7.28. The van der Waals surface area contributed by atoms with Gasteiger partial charge in [-0.3, -0.25) is 4.79 Å². The van der Waals surface area contributed by atoms with Gasteiger partial charge < -0.3 is 10.2 Å². The average molecular weight is 358 g/mol. The second-order valence-corrected chi connectivity index (χ2v) is 6.55. The van der Waals surface area contributed by atoms with E-state index < -0.39 is 0 Å². The van der Waals surface area contributed by atoms with Crippen LogP contribution < -0.4 is 5.32 Å². The Labute approximate surface area is 122 Å². The van der Waals surface area contributed by atoms with Crippen molar-refractivity contribution in [2.75, 3.05) is 19.6 Å². The lowest BCUT2D eigenvalue weighted by atomic mass is 10.0. The first kappa shape index (κ1) is 13.8. The minimum absolute atomic E-state index is 0.00315. The van der Waals surface area contributed by atoms with Gasteiger partial charge in [0.15, 0.2) is 0 Å². The van der Waals surface area contributed by atoms with Crippen molar-refractivity contribution in [3.8, 4) is 0 Å². The predicted octanol–water partition coefficient (Wildman–Crippen LogP) is 2.42. The van der Waals surface area contributed by atoms with Crippen LogP contribution in [0.25, 0.3) is 0 Å². The van der Waals surface area contributed by atoms with Gasteiger partial charge in [0.25, 0.3) is 5.91 Å². The molecule has 0 bridgehead atoms. The fourth-order valence-electron chi connectivity index (χ4n) is 2.30. The Morgan fingerprint density at radius 2 is 2.17 bits per heavy atom. The molecule has 4 heteroatoms. The van der Waals surface area contributed by atoms with Gasteiger partial charge in [-0.05, 0) is 55.0 Å². The van der Waals surface area contributed by atoms with Gasteiger partial charge >= 0.3 is 0 Å². The Kier molecular flexibility index (Phi) is 3.96. The van der Waals surface area contributed by atoms with Crippen LogP contribution in [0, 0.1) is 10.5 Å². The number of halogens is 1. The topological polar surface area (TPSA) is 32.3 Å². The highest BCUT2D eigenvalue weighted by Gasteiger charge is 2.29. The summed E-state index contributed by atoms with van der Waals surface area (Å²) in [5.74, 6) is 0.151. The molecule has 98 valence electrons. The van der Waals surface area contributed by atoms with Crippen LogP contribution in [0.3, 0.4) is 0 Å². The van der Waals surface area contributed by atoms with Gasteiger partial charge in [-0.1, -0.05) is 12.1 Å². The monoisotopic (exact) mass is 358 g/mol. The molecule has 0 radical (unpaired) electrons. The molecule has 3 nitrogen and oxygen atoms in total. The number of rotatable bonds is 1. The molecule has 1 aromatic carbocycles. The molecule has 0 unspecified atom stereocenters. The molecule has 1 saturated heterocycles. The van der Waals surface area contributed by atoms with Crippen molar-refractivity contribution in [1.82, 2.24) is 10.2 Å². The number of benzene rings is 1. The van der Waals surface area contributed by atoms with E-state index in [0.717, 1.165) is 34.3 Å². The van der Waals surface area contributed by atoms with Crippen molar-refractivity contribution in [3.63, 3.8) is 0 Å². The fourth-order valence-corrected chi connectivity index (χ4v) is 2.89. The van der Waals surface area contributed by atoms with Gasteiger partial charge in [0.2, 0.25) is 0 Å². The van der Waals surface area contributed by atoms with Crippen molar-refractivity contribution in [2.24, 2.45) is 0 Å². The molecular formula is C14H19IN2O. The Bertz CT molecular complexity index is 471. The minimum Gasteiger partial charge on any atom is -0.336 e. The van der Waals surface area contributed by atoms with E-state index in [4.69, 9.17) is 0 Å². The van der Waals surface area contributed by atoms with Crippen LogP contribution in [0.4, 0.5) is 0 Å². The van der Waals surface area contributed by atoms with Gasteiger partial charge in [-0.25, -0.2) is 0 Å². The summed E-state index contributed by atoms with van der Waals surface area (Å²) in [6.07, 6.45) is 0. The van der Waals surface area contributed by atoms with Crippen molar-refractivity contribution in [3.05, 3.63) is 32.9 Å². The van der Waals surface area contributed by atoms with Crippen LogP contribution in [0.1, 0.15) is 29.8 Å². The van der Waals surface area contributed by atoms with E-state index in [2.05, 4.69) is 41.8 Å². The molecule has 0 saturated carbocycles. The van der Waals surface area contributed by atoms with E-state index in [1.807, 2.05) is 30.0 Å². The first-order valence-electron chi connectivity index (χ1n) is 6.20. The molecule has 0 aliphatic carbocycles. The summed E-state index contributed by atoms with van der Waals surface area (Å²) in [7, 11) is 0. The predicted molar refractivity (Wildman–Crippen MR) is 81.9 cm³/mol. The van der Waals surface area contributed by atoms with E-state index >= 15 is 0 Å². The maximum Gasteiger partial charge on any atom is 0.255 e. The molecule has 1 amide bonds. The summed E-state index contributed by atoms with van der Waals surface area (Å²) < 4.78 is 1.07. The van der Waals surface area contributed by atoms with E-state index in [0.29, 0.717) is 0 Å². The summed E-state index contributed by atoms with van der Waals surface area (Å²) in [5, 5.41) is 3.42. The van der Waals surface area contributed by atoms with Gasteiger partial charge in [0, 0.05) is 28.7 Å². The highest BCUT2D eigenvalue weighted by molar-refractivity contribution is 14.1. The Morgan fingerprint density at radius 1 is 1.44 bits per heavy atom. The first-order chi connectivity index (χ1) is 8.41. The number of nitrogens with one attached hydrogen (secondary N) is 1. The molecule has 1 aliphatic rings. The third-order valence-electron chi connectivity index (χ3n) is 3.28. The van der Waals surface area contributed by atoms with Gasteiger partial charge in [-0.2, -0.15) is 0 Å². The quantitative estimate of drug-likeness (QED) is 0.783. The van der Waals surface area contributed by atoms with E-state index in [9.17, 15) is 4.79 Å². The number of piperazine rings is 1. The number of carbonyl (C=O) groups excluding carboxylic acids is 1. The largest absolute Gasteiger partial charge is 0.336 e. The zero-order valence-electron chi connectivity index (χ0n) is 11.1. The summed E-state index contributed by atoms with van der Waals surface area (Å²) in [6.45, 7) is 8.71. The average Bonchev–Trinajstić information content (AvgIpc) is 2.30.